The van der Waals surface area contributed by atoms with Gasteiger partial charge in [-0.15, -0.1) is 0 Å². The fraction of sp³-hybridized carbons (Fsp3) is 0.533. The van der Waals surface area contributed by atoms with E-state index in [2.05, 4.69) is 5.32 Å². The Morgan fingerprint density at radius 3 is 2.32 bits per heavy atom. The average molecular weight is 330 g/mol. The topological polar surface area (TPSA) is 66.5 Å². The molecule has 1 aromatic rings. The van der Waals surface area contributed by atoms with Crippen molar-refractivity contribution >= 4 is 21.6 Å². The third-order valence-electron chi connectivity index (χ3n) is 3.24. The molecule has 1 unspecified atom stereocenters. The number of hydrogen-bond donors (Lipinski definition) is 1. The smallest absolute Gasteiger partial charge is 0.243 e. The van der Waals surface area contributed by atoms with Crippen LogP contribution in [-0.2, 0) is 14.8 Å². The summed E-state index contributed by atoms with van der Waals surface area (Å²) < 4.78 is 38.3. The molecule has 1 atom stereocenters. The van der Waals surface area contributed by atoms with Crippen molar-refractivity contribution in [3.8, 4) is 0 Å². The number of halogens is 1. The van der Waals surface area contributed by atoms with E-state index in [4.69, 9.17) is 0 Å². The Morgan fingerprint density at radius 2 is 1.86 bits per heavy atom. The molecule has 22 heavy (non-hydrogen) atoms. The van der Waals surface area contributed by atoms with E-state index in [1.807, 2.05) is 6.92 Å². The number of nitrogens with one attached hydrogen (secondary N) is 1. The Labute approximate surface area is 131 Å². The Morgan fingerprint density at radius 1 is 1.27 bits per heavy atom. The van der Waals surface area contributed by atoms with Crippen LogP contribution in [-0.4, -0.2) is 33.2 Å². The zero-order valence-corrected chi connectivity index (χ0v) is 14.0. The monoisotopic (exact) mass is 330 g/mol. The van der Waals surface area contributed by atoms with Crippen molar-refractivity contribution in [3.05, 3.63) is 30.1 Å². The Bertz CT molecular complexity index is 587. The van der Waals surface area contributed by atoms with Crippen LogP contribution in [0.1, 0.15) is 33.1 Å². The first-order valence-corrected chi connectivity index (χ1v) is 9.18. The van der Waals surface area contributed by atoms with E-state index in [-0.39, 0.29) is 11.6 Å². The maximum atomic E-state index is 13.0. The number of unbranched alkanes of at least 4 members (excludes halogenated alkanes) is 1. The van der Waals surface area contributed by atoms with Crippen molar-refractivity contribution in [2.45, 2.75) is 39.2 Å². The third-order valence-corrected chi connectivity index (χ3v) is 4.42. The number of hydrogen-bond acceptors (Lipinski definition) is 3. The standard InChI is InChI=1S/C15H23FN2O3S/c1-4-6-11-17-15(19)14(5-2)18(22(3,20)21)13-9-7-12(16)8-10-13/h7-10,14H,4-6,11H2,1-3H3,(H,17,19). The minimum atomic E-state index is -3.67. The van der Waals surface area contributed by atoms with Gasteiger partial charge in [-0.1, -0.05) is 20.3 Å². The van der Waals surface area contributed by atoms with E-state index in [0.29, 0.717) is 13.0 Å². The van der Waals surface area contributed by atoms with Gasteiger partial charge < -0.3 is 5.32 Å². The average Bonchev–Trinajstić information content (AvgIpc) is 2.44. The van der Waals surface area contributed by atoms with Gasteiger partial charge in [-0.25, -0.2) is 12.8 Å². The van der Waals surface area contributed by atoms with Gasteiger partial charge in [-0.2, -0.15) is 0 Å². The van der Waals surface area contributed by atoms with E-state index in [1.54, 1.807) is 6.92 Å². The van der Waals surface area contributed by atoms with Crippen molar-refractivity contribution < 1.29 is 17.6 Å². The molecule has 7 heteroatoms. The second kappa shape index (κ2) is 8.12. The summed E-state index contributed by atoms with van der Waals surface area (Å²) in [6.45, 7) is 4.25. The molecule has 0 spiro atoms. The minimum Gasteiger partial charge on any atom is -0.354 e. The normalized spacial score (nSPS) is 12.7. The van der Waals surface area contributed by atoms with Gasteiger partial charge in [-0.3, -0.25) is 9.10 Å². The van der Waals surface area contributed by atoms with Gasteiger partial charge >= 0.3 is 0 Å². The summed E-state index contributed by atoms with van der Waals surface area (Å²) in [5.74, 6) is -0.802. The number of sulfonamides is 1. The molecule has 0 saturated carbocycles. The summed E-state index contributed by atoms with van der Waals surface area (Å²) in [4.78, 5) is 12.3. The van der Waals surface area contributed by atoms with Gasteiger partial charge in [0.05, 0.1) is 11.9 Å². The van der Waals surface area contributed by atoms with Crippen LogP contribution in [0.25, 0.3) is 0 Å². The summed E-state index contributed by atoms with van der Waals surface area (Å²) in [7, 11) is -3.67. The highest BCUT2D eigenvalue weighted by molar-refractivity contribution is 7.92. The molecule has 0 saturated heterocycles. The molecule has 1 aromatic carbocycles. The number of anilines is 1. The van der Waals surface area contributed by atoms with Crippen LogP contribution in [0, 0.1) is 5.82 Å². The molecular weight excluding hydrogens is 307 g/mol. The molecule has 1 amide bonds. The first-order chi connectivity index (χ1) is 10.3. The molecule has 0 aliphatic rings. The molecule has 124 valence electrons. The Balaban J connectivity index is 3.08. The SMILES string of the molecule is CCCCNC(=O)C(CC)N(c1ccc(F)cc1)S(C)(=O)=O. The number of rotatable bonds is 8. The molecule has 0 heterocycles. The number of amides is 1. The van der Waals surface area contributed by atoms with E-state index in [9.17, 15) is 17.6 Å². The predicted molar refractivity (Wildman–Crippen MR) is 85.7 cm³/mol. The van der Waals surface area contributed by atoms with E-state index in [1.165, 1.54) is 24.3 Å². The van der Waals surface area contributed by atoms with Crippen LogP contribution in [0.3, 0.4) is 0 Å². The van der Waals surface area contributed by atoms with Gasteiger partial charge in [-0.05, 0) is 37.1 Å². The quantitative estimate of drug-likeness (QED) is 0.744. The number of benzene rings is 1. The lowest BCUT2D eigenvalue weighted by Crippen LogP contribution is -2.49. The molecule has 0 aromatic heterocycles. The van der Waals surface area contributed by atoms with Crippen LogP contribution in [0.4, 0.5) is 10.1 Å². The first-order valence-electron chi connectivity index (χ1n) is 7.34. The van der Waals surface area contributed by atoms with Crippen molar-refractivity contribution in [2.24, 2.45) is 0 Å². The zero-order valence-electron chi connectivity index (χ0n) is 13.2. The second-order valence-corrected chi connectivity index (χ2v) is 6.96. The van der Waals surface area contributed by atoms with E-state index < -0.39 is 21.9 Å². The maximum Gasteiger partial charge on any atom is 0.243 e. The first kappa shape index (κ1) is 18.4. The summed E-state index contributed by atoms with van der Waals surface area (Å²) in [6.07, 6.45) is 3.13. The van der Waals surface area contributed by atoms with Crippen molar-refractivity contribution in [1.29, 1.82) is 0 Å². The molecule has 5 nitrogen and oxygen atoms in total. The highest BCUT2D eigenvalue weighted by Crippen LogP contribution is 2.22. The number of carbonyl (C=O) groups excluding carboxylic acids is 1. The van der Waals surface area contributed by atoms with Crippen LogP contribution < -0.4 is 9.62 Å². The molecule has 1 rings (SSSR count). The fourth-order valence-electron chi connectivity index (χ4n) is 2.15. The summed E-state index contributed by atoms with van der Waals surface area (Å²) in [5.41, 5.74) is 0.279. The maximum absolute atomic E-state index is 13.0. The third kappa shape index (κ3) is 4.98. The molecular formula is C15H23FN2O3S. The highest BCUT2D eigenvalue weighted by atomic mass is 32.2. The van der Waals surface area contributed by atoms with Gasteiger partial charge in [0.25, 0.3) is 0 Å². The van der Waals surface area contributed by atoms with E-state index >= 15 is 0 Å². The Hall–Kier alpha value is -1.63. The van der Waals surface area contributed by atoms with E-state index in [0.717, 1.165) is 23.4 Å². The Kier molecular flexibility index (Phi) is 6.80. The molecule has 0 radical (unpaired) electrons. The molecule has 0 aliphatic carbocycles. The fourth-order valence-corrected chi connectivity index (χ4v) is 3.37. The van der Waals surface area contributed by atoms with Crippen molar-refractivity contribution in [3.63, 3.8) is 0 Å². The van der Waals surface area contributed by atoms with Gasteiger partial charge in [0.1, 0.15) is 11.9 Å². The lowest BCUT2D eigenvalue weighted by Gasteiger charge is -2.30. The summed E-state index contributed by atoms with van der Waals surface area (Å²) in [6, 6.07) is 4.22. The lowest BCUT2D eigenvalue weighted by molar-refractivity contribution is -0.122. The number of carbonyl (C=O) groups is 1. The number of nitrogens with zero attached hydrogens (tertiary/aromatic N) is 1. The summed E-state index contributed by atoms with van der Waals surface area (Å²) in [5, 5.41) is 2.75. The van der Waals surface area contributed by atoms with Gasteiger partial charge in [0, 0.05) is 6.54 Å². The van der Waals surface area contributed by atoms with Crippen molar-refractivity contribution in [1.82, 2.24) is 5.32 Å². The molecule has 0 fully saturated rings. The molecule has 0 bridgehead atoms. The van der Waals surface area contributed by atoms with Crippen LogP contribution in [0.2, 0.25) is 0 Å². The zero-order chi connectivity index (χ0) is 16.8. The minimum absolute atomic E-state index is 0.279. The predicted octanol–water partition coefficient (Wildman–Crippen LogP) is 2.29. The molecule has 1 N–H and O–H groups in total. The second-order valence-electron chi connectivity index (χ2n) is 5.10. The van der Waals surface area contributed by atoms with Crippen LogP contribution >= 0.6 is 0 Å². The van der Waals surface area contributed by atoms with Gasteiger partial charge in [0.15, 0.2) is 0 Å². The largest absolute Gasteiger partial charge is 0.354 e. The highest BCUT2D eigenvalue weighted by Gasteiger charge is 2.31. The van der Waals surface area contributed by atoms with Crippen LogP contribution in [0.15, 0.2) is 24.3 Å². The van der Waals surface area contributed by atoms with Crippen molar-refractivity contribution in [2.75, 3.05) is 17.1 Å². The lowest BCUT2D eigenvalue weighted by atomic mass is 10.2. The van der Waals surface area contributed by atoms with Crippen LogP contribution in [0.5, 0.6) is 0 Å². The van der Waals surface area contributed by atoms with Gasteiger partial charge in [0.2, 0.25) is 15.9 Å². The molecule has 0 aliphatic heterocycles. The summed E-state index contributed by atoms with van der Waals surface area (Å²) >= 11 is 0.